The summed E-state index contributed by atoms with van der Waals surface area (Å²) in [6, 6.07) is 0. The maximum atomic E-state index is 11.7. The van der Waals surface area contributed by atoms with E-state index < -0.39 is 21.7 Å². The molecule has 0 spiro atoms. The number of sulfonamides is 1. The Labute approximate surface area is 89.6 Å². The zero-order chi connectivity index (χ0) is 11.3. The normalized spacial score (nSPS) is 18.7. The van der Waals surface area contributed by atoms with Gasteiger partial charge < -0.3 is 10.1 Å². The van der Waals surface area contributed by atoms with Gasteiger partial charge in [-0.2, -0.15) is 4.31 Å². The Kier molecular flexibility index (Phi) is 4.49. The number of hydrogen-bond donors (Lipinski definition) is 1. The molecular weight excluding hydrogens is 220 g/mol. The third-order valence-electron chi connectivity index (χ3n) is 2.07. The predicted octanol–water partition coefficient (Wildman–Crippen LogP) is -1.22. The average molecular weight is 236 g/mol. The van der Waals surface area contributed by atoms with Crippen LogP contribution in [0, 0.1) is 0 Å². The summed E-state index contributed by atoms with van der Waals surface area (Å²) in [4.78, 5) is 11.1. The SMILES string of the molecule is CCOC(=O)CS(=O)(=O)N1CCNCC1. The van der Waals surface area contributed by atoms with Gasteiger partial charge in [-0.05, 0) is 6.92 Å². The summed E-state index contributed by atoms with van der Waals surface area (Å²) in [5.41, 5.74) is 0. The van der Waals surface area contributed by atoms with Crippen LogP contribution in [0.1, 0.15) is 6.92 Å². The lowest BCUT2D eigenvalue weighted by atomic mass is 10.4. The molecule has 0 unspecified atom stereocenters. The molecule has 0 saturated carbocycles. The van der Waals surface area contributed by atoms with Crippen LogP contribution in [-0.2, 0) is 19.6 Å². The van der Waals surface area contributed by atoms with Crippen molar-refractivity contribution >= 4 is 16.0 Å². The number of nitrogens with zero attached hydrogens (tertiary/aromatic N) is 1. The van der Waals surface area contributed by atoms with Crippen LogP contribution in [0.5, 0.6) is 0 Å². The Balaban J connectivity index is 2.53. The molecular formula is C8H16N2O4S. The predicted molar refractivity (Wildman–Crippen MR) is 54.9 cm³/mol. The molecule has 1 heterocycles. The topological polar surface area (TPSA) is 75.7 Å². The van der Waals surface area contributed by atoms with Gasteiger partial charge in [0.15, 0.2) is 5.75 Å². The first-order chi connectivity index (χ1) is 7.06. The Morgan fingerprint density at radius 2 is 2.00 bits per heavy atom. The van der Waals surface area contributed by atoms with E-state index in [1.165, 1.54) is 4.31 Å². The molecule has 1 aliphatic heterocycles. The van der Waals surface area contributed by atoms with E-state index in [4.69, 9.17) is 0 Å². The minimum Gasteiger partial charge on any atom is -0.465 e. The minimum atomic E-state index is -3.49. The number of hydrogen-bond acceptors (Lipinski definition) is 5. The van der Waals surface area contributed by atoms with Gasteiger partial charge in [-0.15, -0.1) is 0 Å². The first-order valence-corrected chi connectivity index (χ1v) is 6.51. The Hall–Kier alpha value is -0.660. The van der Waals surface area contributed by atoms with Crippen LogP contribution in [0.4, 0.5) is 0 Å². The molecule has 0 aromatic carbocycles. The van der Waals surface area contributed by atoms with Crippen LogP contribution in [0.3, 0.4) is 0 Å². The maximum Gasteiger partial charge on any atom is 0.322 e. The van der Waals surface area contributed by atoms with E-state index in [1.807, 2.05) is 0 Å². The fourth-order valence-corrected chi connectivity index (χ4v) is 2.67. The van der Waals surface area contributed by atoms with Gasteiger partial charge in [0.2, 0.25) is 10.0 Å². The van der Waals surface area contributed by atoms with Crippen LogP contribution < -0.4 is 5.32 Å². The second-order valence-corrected chi connectivity index (χ2v) is 5.18. The summed E-state index contributed by atoms with van der Waals surface area (Å²) in [6.07, 6.45) is 0. The molecule has 1 aliphatic rings. The van der Waals surface area contributed by atoms with Crippen LogP contribution >= 0.6 is 0 Å². The second kappa shape index (κ2) is 5.43. The summed E-state index contributed by atoms with van der Waals surface area (Å²) in [6.45, 7) is 3.94. The molecule has 1 rings (SSSR count). The van der Waals surface area contributed by atoms with Crippen LogP contribution in [0.2, 0.25) is 0 Å². The minimum absolute atomic E-state index is 0.204. The number of esters is 1. The standard InChI is InChI=1S/C8H16N2O4S/c1-2-14-8(11)7-15(12,13)10-5-3-9-4-6-10/h9H,2-7H2,1H3. The van der Waals surface area contributed by atoms with E-state index in [2.05, 4.69) is 10.1 Å². The maximum absolute atomic E-state index is 11.7. The van der Waals surface area contributed by atoms with E-state index in [0.717, 1.165) is 0 Å². The highest BCUT2D eigenvalue weighted by molar-refractivity contribution is 7.89. The highest BCUT2D eigenvalue weighted by Gasteiger charge is 2.26. The first-order valence-electron chi connectivity index (χ1n) is 4.90. The van der Waals surface area contributed by atoms with Crippen molar-refractivity contribution in [1.29, 1.82) is 0 Å². The van der Waals surface area contributed by atoms with E-state index in [1.54, 1.807) is 6.92 Å². The van der Waals surface area contributed by atoms with E-state index in [0.29, 0.717) is 26.2 Å². The van der Waals surface area contributed by atoms with Crippen molar-refractivity contribution in [1.82, 2.24) is 9.62 Å². The first kappa shape index (κ1) is 12.4. The Morgan fingerprint density at radius 3 is 2.53 bits per heavy atom. The zero-order valence-corrected chi connectivity index (χ0v) is 9.55. The van der Waals surface area contributed by atoms with Crippen LogP contribution in [0.25, 0.3) is 0 Å². The van der Waals surface area contributed by atoms with Gasteiger partial charge in [0.25, 0.3) is 0 Å². The van der Waals surface area contributed by atoms with Crippen molar-refractivity contribution in [2.75, 3.05) is 38.5 Å². The summed E-state index contributed by atoms with van der Waals surface area (Å²) >= 11 is 0. The van der Waals surface area contributed by atoms with Crippen LogP contribution in [0.15, 0.2) is 0 Å². The van der Waals surface area contributed by atoms with Gasteiger partial charge in [-0.1, -0.05) is 0 Å². The molecule has 0 bridgehead atoms. The van der Waals surface area contributed by atoms with Crippen molar-refractivity contribution in [3.8, 4) is 0 Å². The van der Waals surface area contributed by atoms with Gasteiger partial charge in [0, 0.05) is 26.2 Å². The highest BCUT2D eigenvalue weighted by Crippen LogP contribution is 2.03. The molecule has 7 heteroatoms. The van der Waals surface area contributed by atoms with Gasteiger partial charge >= 0.3 is 5.97 Å². The lowest BCUT2D eigenvalue weighted by molar-refractivity contribution is -0.140. The summed E-state index contributed by atoms with van der Waals surface area (Å²) < 4.78 is 29.3. The Morgan fingerprint density at radius 1 is 1.40 bits per heavy atom. The lowest BCUT2D eigenvalue weighted by Crippen LogP contribution is -2.48. The smallest absolute Gasteiger partial charge is 0.322 e. The van der Waals surface area contributed by atoms with Crippen molar-refractivity contribution in [2.24, 2.45) is 0 Å². The van der Waals surface area contributed by atoms with E-state index in [-0.39, 0.29) is 6.61 Å². The van der Waals surface area contributed by atoms with Crippen molar-refractivity contribution in [3.63, 3.8) is 0 Å². The van der Waals surface area contributed by atoms with Gasteiger partial charge in [-0.3, -0.25) is 4.79 Å². The lowest BCUT2D eigenvalue weighted by Gasteiger charge is -2.26. The molecule has 0 radical (unpaired) electrons. The van der Waals surface area contributed by atoms with Gasteiger partial charge in [0.05, 0.1) is 6.61 Å². The third kappa shape index (κ3) is 3.77. The average Bonchev–Trinajstić information content (AvgIpc) is 2.18. The van der Waals surface area contributed by atoms with Gasteiger partial charge in [0.1, 0.15) is 0 Å². The number of piperazine rings is 1. The number of carbonyl (C=O) groups is 1. The van der Waals surface area contributed by atoms with Crippen LogP contribution in [-0.4, -0.2) is 57.2 Å². The summed E-state index contributed by atoms with van der Waals surface area (Å²) in [7, 11) is -3.49. The number of ether oxygens (including phenoxy) is 1. The molecule has 88 valence electrons. The molecule has 1 N–H and O–H groups in total. The molecule has 15 heavy (non-hydrogen) atoms. The number of rotatable bonds is 4. The van der Waals surface area contributed by atoms with Crippen molar-refractivity contribution in [3.05, 3.63) is 0 Å². The molecule has 0 aromatic heterocycles. The number of nitrogens with one attached hydrogen (secondary N) is 1. The molecule has 0 amide bonds. The fourth-order valence-electron chi connectivity index (χ4n) is 1.37. The van der Waals surface area contributed by atoms with Crippen molar-refractivity contribution in [2.45, 2.75) is 6.92 Å². The molecule has 0 aromatic rings. The number of carbonyl (C=O) groups excluding carboxylic acids is 1. The summed E-state index contributed by atoms with van der Waals surface area (Å²) in [5.74, 6) is -1.24. The monoisotopic (exact) mass is 236 g/mol. The fraction of sp³-hybridized carbons (Fsp3) is 0.875. The Bertz CT molecular complexity index is 309. The largest absolute Gasteiger partial charge is 0.465 e. The molecule has 1 fully saturated rings. The van der Waals surface area contributed by atoms with Crippen molar-refractivity contribution < 1.29 is 17.9 Å². The third-order valence-corrected chi connectivity index (χ3v) is 3.83. The molecule has 0 aliphatic carbocycles. The zero-order valence-electron chi connectivity index (χ0n) is 8.73. The van der Waals surface area contributed by atoms with Gasteiger partial charge in [-0.25, -0.2) is 8.42 Å². The quantitative estimate of drug-likeness (QED) is 0.620. The van der Waals surface area contributed by atoms with E-state index >= 15 is 0 Å². The molecule has 0 atom stereocenters. The summed E-state index contributed by atoms with van der Waals surface area (Å²) in [5, 5.41) is 3.04. The highest BCUT2D eigenvalue weighted by atomic mass is 32.2. The second-order valence-electron chi connectivity index (χ2n) is 3.21. The molecule has 1 saturated heterocycles. The molecule has 6 nitrogen and oxygen atoms in total. The van der Waals surface area contributed by atoms with E-state index in [9.17, 15) is 13.2 Å².